The first-order chi connectivity index (χ1) is 14.1. The maximum atomic E-state index is 12.0. The van der Waals surface area contributed by atoms with Crippen LogP contribution in [0, 0.1) is 0 Å². The predicted molar refractivity (Wildman–Crippen MR) is 128 cm³/mol. The quantitative estimate of drug-likeness (QED) is 0.486. The van der Waals surface area contributed by atoms with E-state index in [1.165, 1.54) is 12.1 Å². The van der Waals surface area contributed by atoms with Crippen LogP contribution in [-0.2, 0) is 10.8 Å². The van der Waals surface area contributed by atoms with Crippen molar-refractivity contribution >= 4 is 23.2 Å². The number of halogens is 1. The second-order valence-electron chi connectivity index (χ2n) is 9.67. The van der Waals surface area contributed by atoms with E-state index in [0.29, 0.717) is 34.7 Å². The van der Waals surface area contributed by atoms with Gasteiger partial charge in [-0.1, -0.05) is 67.0 Å². The molecule has 0 heterocycles. The van der Waals surface area contributed by atoms with Crippen LogP contribution in [0.2, 0.25) is 5.02 Å². The van der Waals surface area contributed by atoms with E-state index in [2.05, 4.69) is 41.5 Å². The molecule has 2 rings (SSSR count). The maximum absolute atomic E-state index is 12.0. The lowest BCUT2D eigenvalue weighted by atomic mass is 9.78. The SMILES string of the molecule is CCC(=O)c1cc(C(C)(C)C)c(O)c(C(C)(C)C)c1.CCC(=O)c1cc(O)cc(Cl)c1. The highest BCUT2D eigenvalue weighted by Gasteiger charge is 2.27. The van der Waals surface area contributed by atoms with E-state index < -0.39 is 0 Å². The molecule has 0 atom stereocenters. The summed E-state index contributed by atoms with van der Waals surface area (Å²) in [6, 6.07) is 8.05. The smallest absolute Gasteiger partial charge is 0.162 e. The molecule has 0 aliphatic carbocycles. The molecule has 0 fully saturated rings. The number of hydrogen-bond donors (Lipinski definition) is 2. The molecule has 0 amide bonds. The number of ketones is 2. The molecule has 170 valence electrons. The Morgan fingerprint density at radius 1 is 0.742 bits per heavy atom. The third-order valence-electron chi connectivity index (χ3n) is 4.89. The van der Waals surface area contributed by atoms with Crippen LogP contribution in [0.4, 0.5) is 0 Å². The van der Waals surface area contributed by atoms with Gasteiger partial charge in [-0.15, -0.1) is 0 Å². The molecule has 0 spiro atoms. The van der Waals surface area contributed by atoms with Gasteiger partial charge in [0.25, 0.3) is 0 Å². The monoisotopic (exact) mass is 446 g/mol. The molecule has 2 N–H and O–H groups in total. The summed E-state index contributed by atoms with van der Waals surface area (Å²) in [5.74, 6) is 0.454. The van der Waals surface area contributed by atoms with Crippen LogP contribution in [0.15, 0.2) is 30.3 Å². The van der Waals surface area contributed by atoms with Gasteiger partial charge in [-0.2, -0.15) is 0 Å². The number of carbonyl (C=O) groups is 2. The molecule has 0 saturated heterocycles. The Morgan fingerprint density at radius 3 is 1.45 bits per heavy atom. The molecule has 31 heavy (non-hydrogen) atoms. The number of benzene rings is 2. The zero-order valence-corrected chi connectivity index (χ0v) is 20.6. The standard InChI is InChI=1S/C17H26O2.C9H9ClO2/c1-8-14(18)11-9-12(16(2,3)4)15(19)13(10-11)17(5,6)7;1-2-9(12)6-3-7(10)5-8(11)4-6/h9-10,19H,8H2,1-7H3;3-5,11H,2H2,1H3. The van der Waals surface area contributed by atoms with Crippen LogP contribution >= 0.6 is 11.6 Å². The van der Waals surface area contributed by atoms with E-state index >= 15 is 0 Å². The van der Waals surface area contributed by atoms with Gasteiger partial charge < -0.3 is 10.2 Å². The lowest BCUT2D eigenvalue weighted by Crippen LogP contribution is -2.18. The van der Waals surface area contributed by atoms with Gasteiger partial charge in [-0.05, 0) is 41.2 Å². The minimum Gasteiger partial charge on any atom is -0.508 e. The fourth-order valence-electron chi connectivity index (χ4n) is 3.08. The van der Waals surface area contributed by atoms with Crippen molar-refractivity contribution < 1.29 is 19.8 Å². The zero-order valence-electron chi connectivity index (χ0n) is 19.9. The van der Waals surface area contributed by atoms with E-state index in [4.69, 9.17) is 16.7 Å². The average Bonchev–Trinajstić information content (AvgIpc) is 2.64. The van der Waals surface area contributed by atoms with E-state index in [-0.39, 0.29) is 28.1 Å². The number of phenolic OH excluding ortho intramolecular Hbond substituents is 2. The number of rotatable bonds is 4. The van der Waals surface area contributed by atoms with Crippen molar-refractivity contribution in [2.24, 2.45) is 0 Å². The third kappa shape index (κ3) is 7.39. The predicted octanol–water partition coefficient (Wildman–Crippen LogP) is 7.22. The van der Waals surface area contributed by atoms with E-state index in [1.807, 2.05) is 19.1 Å². The van der Waals surface area contributed by atoms with Gasteiger partial charge in [-0.3, -0.25) is 9.59 Å². The first kappa shape index (κ1) is 26.7. The molecule has 2 aromatic carbocycles. The Labute approximate surface area is 191 Å². The largest absolute Gasteiger partial charge is 0.508 e. The van der Waals surface area contributed by atoms with Crippen molar-refractivity contribution in [1.29, 1.82) is 0 Å². The summed E-state index contributed by atoms with van der Waals surface area (Å²) in [7, 11) is 0. The zero-order chi connectivity index (χ0) is 24.1. The first-order valence-electron chi connectivity index (χ1n) is 10.6. The molecule has 5 heteroatoms. The highest BCUT2D eigenvalue weighted by molar-refractivity contribution is 6.31. The van der Waals surface area contributed by atoms with E-state index in [9.17, 15) is 14.7 Å². The molecule has 4 nitrogen and oxygen atoms in total. The Hall–Kier alpha value is -2.33. The van der Waals surface area contributed by atoms with Gasteiger partial charge in [0.05, 0.1) is 0 Å². The molecule has 0 aliphatic rings. The van der Waals surface area contributed by atoms with Gasteiger partial charge in [0.2, 0.25) is 0 Å². The first-order valence-corrected chi connectivity index (χ1v) is 10.9. The van der Waals surface area contributed by atoms with Crippen molar-refractivity contribution in [3.63, 3.8) is 0 Å². The van der Waals surface area contributed by atoms with Crippen LogP contribution in [-0.4, -0.2) is 21.8 Å². The Kier molecular flexibility index (Phi) is 8.89. The van der Waals surface area contributed by atoms with Gasteiger partial charge in [0.15, 0.2) is 11.6 Å². The Balaban J connectivity index is 0.000000343. The molecule has 0 saturated carbocycles. The van der Waals surface area contributed by atoms with E-state index in [0.717, 1.165) is 11.1 Å². The molecule has 0 aliphatic heterocycles. The maximum Gasteiger partial charge on any atom is 0.162 e. The second-order valence-corrected chi connectivity index (χ2v) is 10.1. The minimum atomic E-state index is -0.186. The number of Topliss-reactive ketones (excluding diaryl/α,β-unsaturated/α-hetero) is 2. The van der Waals surface area contributed by atoms with Crippen molar-refractivity contribution in [2.75, 3.05) is 0 Å². The molecule has 0 aromatic heterocycles. The lowest BCUT2D eigenvalue weighted by Gasteiger charge is -2.28. The summed E-state index contributed by atoms with van der Waals surface area (Å²) in [6.45, 7) is 15.9. The second kappa shape index (κ2) is 10.3. The Morgan fingerprint density at radius 2 is 1.13 bits per heavy atom. The summed E-state index contributed by atoms with van der Waals surface area (Å²) >= 11 is 5.64. The fraction of sp³-hybridized carbons (Fsp3) is 0.462. The van der Waals surface area contributed by atoms with Crippen LogP contribution < -0.4 is 0 Å². The van der Waals surface area contributed by atoms with Gasteiger partial charge in [-0.25, -0.2) is 0 Å². The summed E-state index contributed by atoms with van der Waals surface area (Å²) in [4.78, 5) is 23.1. The van der Waals surface area contributed by atoms with Crippen LogP contribution in [0.1, 0.15) is 100 Å². The normalized spacial score (nSPS) is 11.5. The summed E-state index contributed by atoms with van der Waals surface area (Å²) in [5.41, 5.74) is 2.48. The van der Waals surface area contributed by atoms with Crippen molar-refractivity contribution in [3.05, 3.63) is 57.6 Å². The number of hydrogen-bond acceptors (Lipinski definition) is 4. The van der Waals surface area contributed by atoms with Gasteiger partial charge in [0, 0.05) is 40.1 Å². The van der Waals surface area contributed by atoms with E-state index in [1.54, 1.807) is 13.0 Å². The molecule has 0 bridgehead atoms. The highest BCUT2D eigenvalue weighted by Crippen LogP contribution is 2.39. The van der Waals surface area contributed by atoms with Crippen molar-refractivity contribution in [3.8, 4) is 11.5 Å². The third-order valence-corrected chi connectivity index (χ3v) is 5.11. The molecule has 0 radical (unpaired) electrons. The average molecular weight is 447 g/mol. The van der Waals surface area contributed by atoms with Gasteiger partial charge >= 0.3 is 0 Å². The van der Waals surface area contributed by atoms with Crippen molar-refractivity contribution in [2.45, 2.75) is 79.1 Å². The topological polar surface area (TPSA) is 74.6 Å². The number of carbonyl (C=O) groups excluding carboxylic acids is 2. The van der Waals surface area contributed by atoms with Crippen molar-refractivity contribution in [1.82, 2.24) is 0 Å². The molecule has 2 aromatic rings. The minimum absolute atomic E-state index is 0.0206. The Bertz CT molecular complexity index is 892. The lowest BCUT2D eigenvalue weighted by molar-refractivity contribution is 0.0980. The van der Waals surface area contributed by atoms with Crippen LogP contribution in [0.5, 0.6) is 11.5 Å². The molecule has 0 unspecified atom stereocenters. The number of phenols is 2. The summed E-state index contributed by atoms with van der Waals surface area (Å²) in [5, 5.41) is 20.0. The van der Waals surface area contributed by atoms with Gasteiger partial charge in [0.1, 0.15) is 11.5 Å². The highest BCUT2D eigenvalue weighted by atomic mass is 35.5. The number of aromatic hydroxyl groups is 2. The summed E-state index contributed by atoms with van der Waals surface area (Å²) < 4.78 is 0. The molecular weight excluding hydrogens is 412 g/mol. The fourth-order valence-corrected chi connectivity index (χ4v) is 3.31. The van der Waals surface area contributed by atoms with Crippen LogP contribution in [0.3, 0.4) is 0 Å². The summed E-state index contributed by atoms with van der Waals surface area (Å²) in [6.07, 6.45) is 0.901. The van der Waals surface area contributed by atoms with Crippen LogP contribution in [0.25, 0.3) is 0 Å². The molecular formula is C26H35ClO4.